The molecule has 0 unspecified atom stereocenters. The van der Waals surface area contributed by atoms with Crippen molar-refractivity contribution in [2.45, 2.75) is 51.6 Å². The zero-order valence-corrected chi connectivity index (χ0v) is 18.7. The zero-order chi connectivity index (χ0) is 20.6. The van der Waals surface area contributed by atoms with E-state index >= 15 is 0 Å². The summed E-state index contributed by atoms with van der Waals surface area (Å²) in [6, 6.07) is 15.9. The number of aryl methyl sites for hydroxylation is 2. The van der Waals surface area contributed by atoms with Crippen LogP contribution in [0.1, 0.15) is 42.5 Å². The molecule has 0 bridgehead atoms. The Hall–Kier alpha value is -2.08. The van der Waals surface area contributed by atoms with Gasteiger partial charge < -0.3 is 5.32 Å². The summed E-state index contributed by atoms with van der Waals surface area (Å²) < 4.78 is 0. The first-order chi connectivity index (χ1) is 14.8. The maximum Gasteiger partial charge on any atom is 0.128 e. The van der Waals surface area contributed by atoms with Gasteiger partial charge in [-0.15, -0.1) is 11.3 Å². The van der Waals surface area contributed by atoms with Crippen LogP contribution in [0.15, 0.2) is 54.0 Å². The molecule has 0 aliphatic carbocycles. The number of benzene rings is 1. The van der Waals surface area contributed by atoms with Gasteiger partial charge in [0, 0.05) is 35.6 Å². The smallest absolute Gasteiger partial charge is 0.128 e. The van der Waals surface area contributed by atoms with E-state index < -0.39 is 0 Å². The quantitative estimate of drug-likeness (QED) is 0.531. The van der Waals surface area contributed by atoms with Crippen molar-refractivity contribution in [3.8, 4) is 11.3 Å². The largest absolute Gasteiger partial charge is 0.317 e. The normalized spacial score (nSPS) is 15.0. The van der Waals surface area contributed by atoms with Gasteiger partial charge in [-0.1, -0.05) is 31.2 Å². The molecule has 5 heteroatoms. The first kappa shape index (κ1) is 21.2. The molecule has 2 aromatic heterocycles. The molecule has 0 saturated carbocycles. The van der Waals surface area contributed by atoms with Gasteiger partial charge in [-0.05, 0) is 74.5 Å². The monoisotopic (exact) mass is 420 g/mol. The van der Waals surface area contributed by atoms with Gasteiger partial charge in [0.1, 0.15) is 5.82 Å². The number of nitrogens with one attached hydrogen (secondary N) is 1. The van der Waals surface area contributed by atoms with E-state index in [2.05, 4.69) is 63.9 Å². The van der Waals surface area contributed by atoms with Crippen LogP contribution < -0.4 is 5.32 Å². The minimum Gasteiger partial charge on any atom is -0.317 e. The van der Waals surface area contributed by atoms with E-state index in [1.54, 1.807) is 0 Å². The Balaban J connectivity index is 1.41. The number of thiophene rings is 1. The van der Waals surface area contributed by atoms with Crippen LogP contribution in [-0.4, -0.2) is 40.5 Å². The molecule has 4 rings (SSSR count). The van der Waals surface area contributed by atoms with Gasteiger partial charge in [-0.25, -0.2) is 9.97 Å². The lowest BCUT2D eigenvalue weighted by atomic mass is 10.0. The average Bonchev–Trinajstić information content (AvgIpc) is 3.32. The average molecular weight is 421 g/mol. The Morgan fingerprint density at radius 3 is 2.80 bits per heavy atom. The van der Waals surface area contributed by atoms with E-state index in [1.165, 1.54) is 28.8 Å². The van der Waals surface area contributed by atoms with Gasteiger partial charge in [0.2, 0.25) is 0 Å². The molecule has 0 amide bonds. The maximum atomic E-state index is 4.86. The topological polar surface area (TPSA) is 41.1 Å². The molecule has 1 saturated heterocycles. The number of hydrogen-bond donors (Lipinski definition) is 1. The van der Waals surface area contributed by atoms with E-state index in [0.717, 1.165) is 57.0 Å². The first-order valence-electron chi connectivity index (χ1n) is 11.2. The Morgan fingerprint density at radius 1 is 1.10 bits per heavy atom. The number of hydrogen-bond acceptors (Lipinski definition) is 5. The molecule has 30 heavy (non-hydrogen) atoms. The molecule has 4 nitrogen and oxygen atoms in total. The molecule has 0 spiro atoms. The summed E-state index contributed by atoms with van der Waals surface area (Å²) in [7, 11) is 0. The van der Waals surface area contributed by atoms with Crippen LogP contribution in [0.4, 0.5) is 0 Å². The lowest BCUT2D eigenvalue weighted by Gasteiger charge is -2.34. The number of rotatable bonds is 9. The van der Waals surface area contributed by atoms with Crippen LogP contribution in [0, 0.1) is 0 Å². The van der Waals surface area contributed by atoms with Crippen LogP contribution >= 0.6 is 11.3 Å². The van der Waals surface area contributed by atoms with E-state index in [-0.39, 0.29) is 0 Å². The van der Waals surface area contributed by atoms with E-state index in [9.17, 15) is 0 Å². The van der Waals surface area contributed by atoms with Crippen molar-refractivity contribution in [2.24, 2.45) is 0 Å². The van der Waals surface area contributed by atoms with Crippen LogP contribution in [0.3, 0.4) is 0 Å². The highest BCUT2D eigenvalue weighted by atomic mass is 32.1. The van der Waals surface area contributed by atoms with Crippen molar-refractivity contribution in [3.05, 3.63) is 70.3 Å². The second kappa shape index (κ2) is 10.8. The SMILES string of the molecule is CCN(Cc1cccc(-c2ccnc(CCCc3cccs3)n2)c1)C1CCNCC1. The molecule has 1 aliphatic heterocycles. The number of piperidine rings is 1. The summed E-state index contributed by atoms with van der Waals surface area (Å²) in [5, 5.41) is 5.62. The van der Waals surface area contributed by atoms with Gasteiger partial charge in [0.05, 0.1) is 5.69 Å². The molecular formula is C25H32N4S. The van der Waals surface area contributed by atoms with Crippen molar-refractivity contribution in [3.63, 3.8) is 0 Å². The Labute approximate surface area is 184 Å². The molecule has 3 heterocycles. The fourth-order valence-electron chi connectivity index (χ4n) is 4.29. The molecule has 1 aliphatic rings. The van der Waals surface area contributed by atoms with E-state index in [1.807, 2.05) is 23.6 Å². The van der Waals surface area contributed by atoms with Gasteiger partial charge in [0.15, 0.2) is 0 Å². The summed E-state index contributed by atoms with van der Waals surface area (Å²) in [4.78, 5) is 13.4. The molecule has 0 atom stereocenters. The second-order valence-corrected chi connectivity index (χ2v) is 9.07. The third-order valence-electron chi connectivity index (χ3n) is 5.95. The molecule has 1 fully saturated rings. The van der Waals surface area contributed by atoms with Crippen molar-refractivity contribution < 1.29 is 0 Å². The highest BCUT2D eigenvalue weighted by Crippen LogP contribution is 2.21. The number of nitrogens with zero attached hydrogens (tertiary/aromatic N) is 3. The lowest BCUT2D eigenvalue weighted by molar-refractivity contribution is 0.162. The predicted octanol–water partition coefficient (Wildman–Crippen LogP) is 4.95. The van der Waals surface area contributed by atoms with Crippen molar-refractivity contribution >= 4 is 11.3 Å². The lowest BCUT2D eigenvalue weighted by Crippen LogP contribution is -2.42. The third-order valence-corrected chi connectivity index (χ3v) is 6.88. The Morgan fingerprint density at radius 2 is 2.00 bits per heavy atom. The van der Waals surface area contributed by atoms with Gasteiger partial charge in [0.25, 0.3) is 0 Å². The summed E-state index contributed by atoms with van der Waals surface area (Å²) in [5.41, 5.74) is 3.59. The maximum absolute atomic E-state index is 4.86. The number of aromatic nitrogens is 2. The Kier molecular flexibility index (Phi) is 7.62. The molecule has 3 aromatic rings. The predicted molar refractivity (Wildman–Crippen MR) is 126 cm³/mol. The Bertz CT molecular complexity index is 903. The molecular weight excluding hydrogens is 388 g/mol. The first-order valence-corrected chi connectivity index (χ1v) is 12.1. The molecule has 158 valence electrons. The minimum absolute atomic E-state index is 0.689. The standard InChI is InChI=1S/C25H32N4S/c1-2-29(22-11-14-26-15-12-22)19-20-6-3-7-21(18-20)24-13-16-27-25(28-24)10-4-8-23-9-5-17-30-23/h3,5-7,9,13,16-18,22,26H,2,4,8,10-12,14-15,19H2,1H3. The van der Waals surface area contributed by atoms with Crippen molar-refractivity contribution in [1.82, 2.24) is 20.2 Å². The molecule has 1 aromatic carbocycles. The highest BCUT2D eigenvalue weighted by Gasteiger charge is 2.19. The fraction of sp³-hybridized carbons (Fsp3) is 0.440. The minimum atomic E-state index is 0.689. The van der Waals surface area contributed by atoms with Gasteiger partial charge >= 0.3 is 0 Å². The van der Waals surface area contributed by atoms with Gasteiger partial charge in [-0.3, -0.25) is 4.90 Å². The summed E-state index contributed by atoms with van der Waals surface area (Å²) in [6.45, 7) is 6.65. The van der Waals surface area contributed by atoms with E-state index in [0.29, 0.717) is 6.04 Å². The van der Waals surface area contributed by atoms with Crippen LogP contribution in [-0.2, 0) is 19.4 Å². The fourth-order valence-corrected chi connectivity index (χ4v) is 5.04. The highest BCUT2D eigenvalue weighted by molar-refractivity contribution is 7.09. The zero-order valence-electron chi connectivity index (χ0n) is 17.9. The van der Waals surface area contributed by atoms with Crippen LogP contribution in [0.2, 0.25) is 0 Å². The van der Waals surface area contributed by atoms with Crippen LogP contribution in [0.25, 0.3) is 11.3 Å². The van der Waals surface area contributed by atoms with Crippen LogP contribution in [0.5, 0.6) is 0 Å². The summed E-state index contributed by atoms with van der Waals surface area (Å²) in [5.74, 6) is 0.944. The van der Waals surface area contributed by atoms with Gasteiger partial charge in [-0.2, -0.15) is 0 Å². The molecule has 1 N–H and O–H groups in total. The summed E-state index contributed by atoms with van der Waals surface area (Å²) >= 11 is 1.83. The summed E-state index contributed by atoms with van der Waals surface area (Å²) in [6.07, 6.45) is 7.51. The molecule has 0 radical (unpaired) electrons. The van der Waals surface area contributed by atoms with Crippen molar-refractivity contribution in [2.75, 3.05) is 19.6 Å². The van der Waals surface area contributed by atoms with Crippen molar-refractivity contribution in [1.29, 1.82) is 0 Å². The third kappa shape index (κ3) is 5.75. The second-order valence-electron chi connectivity index (χ2n) is 8.04. The van der Waals surface area contributed by atoms with E-state index in [4.69, 9.17) is 4.98 Å².